The number of aromatic nitrogens is 2. The molecule has 0 saturated heterocycles. The molecule has 0 aliphatic heterocycles. The molecule has 0 aromatic carbocycles. The van der Waals surface area contributed by atoms with Gasteiger partial charge in [-0.3, -0.25) is 4.79 Å². The van der Waals surface area contributed by atoms with Crippen molar-refractivity contribution >= 4 is 5.91 Å². The van der Waals surface area contributed by atoms with Crippen molar-refractivity contribution < 1.29 is 9.32 Å². The molecule has 6 nitrogen and oxygen atoms in total. The van der Waals surface area contributed by atoms with Gasteiger partial charge in [-0.1, -0.05) is 12.1 Å². The predicted molar refractivity (Wildman–Crippen MR) is 53.8 cm³/mol. The maximum Gasteiger partial charge on any atom is 0.240 e. The molecule has 0 saturated carbocycles. The highest BCUT2D eigenvalue weighted by molar-refractivity contribution is 5.85. The summed E-state index contributed by atoms with van der Waals surface area (Å²) in [6, 6.07) is 0. The van der Waals surface area contributed by atoms with Crippen LogP contribution in [0.25, 0.3) is 0 Å². The Bertz CT molecular complexity index is 346. The van der Waals surface area contributed by atoms with E-state index in [0.29, 0.717) is 18.1 Å². The number of hydrogen-bond acceptors (Lipinski definition) is 5. The van der Waals surface area contributed by atoms with Crippen LogP contribution in [0, 0.1) is 6.92 Å². The minimum atomic E-state index is -0.848. The zero-order chi connectivity index (χ0) is 11.5. The fourth-order valence-corrected chi connectivity index (χ4v) is 0.935. The van der Waals surface area contributed by atoms with E-state index in [4.69, 9.17) is 10.3 Å². The SMILES string of the molecule is CCC(C)(N)C(=O)NCc1noc(C)n1. The topological polar surface area (TPSA) is 94.0 Å². The molecule has 6 heteroatoms. The summed E-state index contributed by atoms with van der Waals surface area (Å²) in [5.41, 5.74) is 4.90. The number of aryl methyl sites for hydroxylation is 1. The Hall–Kier alpha value is -1.43. The van der Waals surface area contributed by atoms with Crippen molar-refractivity contribution in [3.63, 3.8) is 0 Å². The van der Waals surface area contributed by atoms with Gasteiger partial charge >= 0.3 is 0 Å². The molecule has 0 radical (unpaired) electrons. The third kappa shape index (κ3) is 3.02. The van der Waals surface area contributed by atoms with Crippen LogP contribution in [0.1, 0.15) is 32.0 Å². The van der Waals surface area contributed by atoms with E-state index in [1.54, 1.807) is 13.8 Å². The molecule has 84 valence electrons. The lowest BCUT2D eigenvalue weighted by Crippen LogP contribution is -2.50. The van der Waals surface area contributed by atoms with Crippen molar-refractivity contribution in [2.75, 3.05) is 0 Å². The molecular weight excluding hydrogens is 196 g/mol. The van der Waals surface area contributed by atoms with Crippen molar-refractivity contribution in [2.45, 2.75) is 39.3 Å². The van der Waals surface area contributed by atoms with Gasteiger partial charge in [0.15, 0.2) is 5.82 Å². The first-order valence-electron chi connectivity index (χ1n) is 4.82. The molecule has 0 aliphatic rings. The molecule has 0 spiro atoms. The van der Waals surface area contributed by atoms with Gasteiger partial charge in [0.2, 0.25) is 11.8 Å². The molecule has 3 N–H and O–H groups in total. The van der Waals surface area contributed by atoms with Crippen LogP contribution >= 0.6 is 0 Å². The molecule has 1 amide bonds. The molecule has 1 rings (SSSR count). The standard InChI is InChI=1S/C9H16N4O2/c1-4-9(3,10)8(14)11-5-7-12-6(2)15-13-7/h4-5,10H2,1-3H3,(H,11,14). The minimum Gasteiger partial charge on any atom is -0.347 e. The zero-order valence-corrected chi connectivity index (χ0v) is 9.20. The average Bonchev–Trinajstić information content (AvgIpc) is 2.60. The molecule has 1 heterocycles. The van der Waals surface area contributed by atoms with Crippen molar-refractivity contribution in [2.24, 2.45) is 5.73 Å². The second kappa shape index (κ2) is 4.39. The number of nitrogens with zero attached hydrogens (tertiary/aromatic N) is 2. The second-order valence-electron chi connectivity index (χ2n) is 3.68. The van der Waals surface area contributed by atoms with Crippen molar-refractivity contribution in [3.8, 4) is 0 Å². The van der Waals surface area contributed by atoms with Gasteiger partial charge in [0.1, 0.15) is 0 Å². The molecule has 1 aromatic heterocycles. The summed E-state index contributed by atoms with van der Waals surface area (Å²) in [6.45, 7) is 5.47. The fourth-order valence-electron chi connectivity index (χ4n) is 0.935. The number of nitrogens with one attached hydrogen (secondary N) is 1. The van der Waals surface area contributed by atoms with Crippen LogP contribution in [0.15, 0.2) is 4.52 Å². The monoisotopic (exact) mass is 212 g/mol. The van der Waals surface area contributed by atoms with E-state index in [1.165, 1.54) is 0 Å². The Labute approximate surface area is 88.2 Å². The minimum absolute atomic E-state index is 0.215. The average molecular weight is 212 g/mol. The zero-order valence-electron chi connectivity index (χ0n) is 9.20. The van der Waals surface area contributed by atoms with Crippen LogP contribution in [-0.4, -0.2) is 21.6 Å². The summed E-state index contributed by atoms with van der Waals surface area (Å²) in [4.78, 5) is 15.5. The van der Waals surface area contributed by atoms with Crippen LogP contribution in [-0.2, 0) is 11.3 Å². The largest absolute Gasteiger partial charge is 0.347 e. The van der Waals surface area contributed by atoms with Crippen LogP contribution in [0.5, 0.6) is 0 Å². The number of carbonyl (C=O) groups is 1. The molecule has 1 aromatic rings. The third-order valence-electron chi connectivity index (χ3n) is 2.23. The molecule has 0 bridgehead atoms. The maximum absolute atomic E-state index is 11.6. The Morgan fingerprint density at radius 1 is 1.67 bits per heavy atom. The Kier molecular flexibility index (Phi) is 3.41. The van der Waals surface area contributed by atoms with Gasteiger partial charge in [-0.15, -0.1) is 0 Å². The number of carbonyl (C=O) groups excluding carboxylic acids is 1. The van der Waals surface area contributed by atoms with Gasteiger partial charge in [0.05, 0.1) is 12.1 Å². The van der Waals surface area contributed by atoms with E-state index in [9.17, 15) is 4.79 Å². The fraction of sp³-hybridized carbons (Fsp3) is 0.667. The van der Waals surface area contributed by atoms with Crippen molar-refractivity contribution in [1.82, 2.24) is 15.5 Å². The first kappa shape index (κ1) is 11.6. The maximum atomic E-state index is 11.6. The van der Waals surface area contributed by atoms with E-state index >= 15 is 0 Å². The summed E-state index contributed by atoms with van der Waals surface area (Å²) in [5.74, 6) is 0.713. The van der Waals surface area contributed by atoms with Crippen LogP contribution in [0.2, 0.25) is 0 Å². The van der Waals surface area contributed by atoms with Crippen LogP contribution in [0.4, 0.5) is 0 Å². The Morgan fingerprint density at radius 3 is 2.80 bits per heavy atom. The lowest BCUT2D eigenvalue weighted by Gasteiger charge is -2.20. The molecule has 0 fully saturated rings. The number of rotatable bonds is 4. The van der Waals surface area contributed by atoms with E-state index in [-0.39, 0.29) is 12.5 Å². The predicted octanol–water partition coefficient (Wildman–Crippen LogP) is 0.122. The third-order valence-corrected chi connectivity index (χ3v) is 2.23. The van der Waals surface area contributed by atoms with Gasteiger partial charge in [0.25, 0.3) is 0 Å². The Morgan fingerprint density at radius 2 is 2.33 bits per heavy atom. The van der Waals surface area contributed by atoms with Gasteiger partial charge < -0.3 is 15.6 Å². The van der Waals surface area contributed by atoms with Gasteiger partial charge in [-0.2, -0.15) is 4.98 Å². The highest BCUT2D eigenvalue weighted by Gasteiger charge is 2.25. The first-order valence-corrected chi connectivity index (χ1v) is 4.82. The second-order valence-corrected chi connectivity index (χ2v) is 3.68. The molecular formula is C9H16N4O2. The number of nitrogens with two attached hydrogens (primary N) is 1. The first-order chi connectivity index (χ1) is 6.95. The summed E-state index contributed by atoms with van der Waals surface area (Å²) >= 11 is 0. The number of amides is 1. The summed E-state index contributed by atoms with van der Waals surface area (Å²) in [6.07, 6.45) is 0.574. The highest BCUT2D eigenvalue weighted by Crippen LogP contribution is 2.04. The van der Waals surface area contributed by atoms with Gasteiger partial charge in [0, 0.05) is 6.92 Å². The van der Waals surface area contributed by atoms with Crippen molar-refractivity contribution in [1.29, 1.82) is 0 Å². The summed E-state index contributed by atoms with van der Waals surface area (Å²) < 4.78 is 4.77. The normalized spacial score (nSPS) is 14.7. The van der Waals surface area contributed by atoms with Crippen LogP contribution < -0.4 is 11.1 Å². The Balaban J connectivity index is 2.47. The van der Waals surface area contributed by atoms with Crippen LogP contribution in [0.3, 0.4) is 0 Å². The van der Waals surface area contributed by atoms with Gasteiger partial charge in [-0.05, 0) is 13.3 Å². The van der Waals surface area contributed by atoms with Crippen molar-refractivity contribution in [3.05, 3.63) is 11.7 Å². The molecule has 15 heavy (non-hydrogen) atoms. The van der Waals surface area contributed by atoms with E-state index in [0.717, 1.165) is 0 Å². The smallest absolute Gasteiger partial charge is 0.240 e. The number of hydrogen-bond donors (Lipinski definition) is 2. The summed E-state index contributed by atoms with van der Waals surface area (Å²) in [5, 5.41) is 6.31. The molecule has 0 aliphatic carbocycles. The van der Waals surface area contributed by atoms with E-state index < -0.39 is 5.54 Å². The molecule has 1 atom stereocenters. The lowest BCUT2D eigenvalue weighted by atomic mass is 10.00. The van der Waals surface area contributed by atoms with E-state index in [1.807, 2.05) is 6.92 Å². The summed E-state index contributed by atoms with van der Waals surface area (Å²) in [7, 11) is 0. The van der Waals surface area contributed by atoms with E-state index in [2.05, 4.69) is 15.5 Å². The highest BCUT2D eigenvalue weighted by atomic mass is 16.5. The lowest BCUT2D eigenvalue weighted by molar-refractivity contribution is -0.126. The quantitative estimate of drug-likeness (QED) is 0.739. The molecule has 1 unspecified atom stereocenters. The van der Waals surface area contributed by atoms with Gasteiger partial charge in [-0.25, -0.2) is 0 Å².